The van der Waals surface area contributed by atoms with Crippen LogP contribution in [0.2, 0.25) is 6.82 Å². The summed E-state index contributed by atoms with van der Waals surface area (Å²) in [5, 5.41) is 0. The van der Waals surface area contributed by atoms with Crippen molar-refractivity contribution in [2.75, 3.05) is 0 Å². The van der Waals surface area contributed by atoms with Crippen molar-refractivity contribution >= 4 is 22.3 Å². The van der Waals surface area contributed by atoms with Gasteiger partial charge in [-0.2, -0.15) is 0 Å². The van der Waals surface area contributed by atoms with Crippen molar-refractivity contribution in [1.82, 2.24) is 0 Å². The minimum Gasteiger partial charge on any atom is -0.288 e. The molecule has 0 rings (SSSR count). The first-order valence-corrected chi connectivity index (χ1v) is 2.36. The Hall–Kier alpha value is 0.165. The summed E-state index contributed by atoms with van der Waals surface area (Å²) < 4.78 is 3.78. The summed E-state index contributed by atoms with van der Waals surface area (Å²) in [4.78, 5) is 0. The van der Waals surface area contributed by atoms with Crippen LogP contribution >= 0.6 is 9.39 Å². The summed E-state index contributed by atoms with van der Waals surface area (Å²) in [6.45, 7) is 3.91. The van der Waals surface area contributed by atoms with E-state index in [2.05, 4.69) is 14.2 Å². The smallest absolute Gasteiger partial charge is 0.167 e. The van der Waals surface area contributed by atoms with E-state index in [4.69, 9.17) is 0 Å². The van der Waals surface area contributed by atoms with Crippen LogP contribution in [0.25, 0.3) is 0 Å². The standard InChI is InChI=1S/C3H8BNP/c1-3(4-2)5-6/h6H2,1-2H3. The van der Waals surface area contributed by atoms with E-state index in [0.29, 0.717) is 0 Å². The molecule has 0 aliphatic heterocycles. The largest absolute Gasteiger partial charge is 0.288 e. The summed E-state index contributed by atoms with van der Waals surface area (Å²) in [6.07, 6.45) is 0. The van der Waals surface area contributed by atoms with Gasteiger partial charge in [-0.3, -0.25) is 4.76 Å². The van der Waals surface area contributed by atoms with Gasteiger partial charge in [0.25, 0.3) is 0 Å². The minimum atomic E-state index is 1.06. The van der Waals surface area contributed by atoms with E-state index in [1.165, 1.54) is 0 Å². The molecule has 0 aliphatic rings. The second-order valence-electron chi connectivity index (χ2n) is 1.06. The maximum atomic E-state index is 3.78. The highest BCUT2D eigenvalue weighted by atomic mass is 31.0. The molecule has 0 aromatic rings. The zero-order valence-electron chi connectivity index (χ0n) is 4.10. The Morgan fingerprint density at radius 1 is 1.83 bits per heavy atom. The van der Waals surface area contributed by atoms with E-state index in [-0.39, 0.29) is 0 Å². The molecule has 0 saturated heterocycles. The molecule has 33 valence electrons. The Balaban J connectivity index is 3.22. The predicted molar refractivity (Wildman–Crippen MR) is 34.4 cm³/mol. The lowest BCUT2D eigenvalue weighted by molar-refractivity contribution is 1.84. The highest BCUT2D eigenvalue weighted by Gasteiger charge is 1.78. The molecule has 0 aromatic carbocycles. The third kappa shape index (κ3) is 2.41. The van der Waals surface area contributed by atoms with Gasteiger partial charge in [0.15, 0.2) is 7.28 Å². The lowest BCUT2D eigenvalue weighted by Crippen LogP contribution is -1.95. The molecule has 1 radical (unpaired) electrons. The van der Waals surface area contributed by atoms with Gasteiger partial charge in [-0.15, -0.1) is 0 Å². The Morgan fingerprint density at radius 2 is 2.33 bits per heavy atom. The van der Waals surface area contributed by atoms with Crippen molar-refractivity contribution in [3.8, 4) is 0 Å². The van der Waals surface area contributed by atoms with Crippen molar-refractivity contribution < 1.29 is 0 Å². The third-order valence-electron chi connectivity index (χ3n) is 0.621. The predicted octanol–water partition coefficient (Wildman–Crippen LogP) is 0.947. The molecule has 0 heterocycles. The van der Waals surface area contributed by atoms with Crippen molar-refractivity contribution in [3.05, 3.63) is 0 Å². The second kappa shape index (κ2) is 3.36. The maximum Gasteiger partial charge on any atom is 0.167 e. The Kier molecular flexibility index (Phi) is 3.45. The maximum absolute atomic E-state index is 3.78. The fourth-order valence-corrected chi connectivity index (χ4v) is 0.224. The lowest BCUT2D eigenvalue weighted by atomic mass is 9.77. The number of rotatable bonds is 1. The zero-order chi connectivity index (χ0) is 4.99. The van der Waals surface area contributed by atoms with Crippen molar-refractivity contribution in [2.45, 2.75) is 13.7 Å². The van der Waals surface area contributed by atoms with Crippen LogP contribution in [-0.2, 0) is 0 Å². The molecule has 1 unspecified atom stereocenters. The molecular weight excluding hydrogens is 91.8 g/mol. The van der Waals surface area contributed by atoms with Crippen LogP contribution in [0.4, 0.5) is 0 Å². The van der Waals surface area contributed by atoms with E-state index >= 15 is 0 Å². The summed E-state index contributed by atoms with van der Waals surface area (Å²) in [6, 6.07) is 0. The SMILES string of the molecule is C[B]C(C)=NP. The van der Waals surface area contributed by atoms with Gasteiger partial charge in [0.1, 0.15) is 0 Å². The van der Waals surface area contributed by atoms with Gasteiger partial charge >= 0.3 is 0 Å². The Morgan fingerprint density at radius 3 is 2.33 bits per heavy atom. The average molecular weight is 99.9 g/mol. The van der Waals surface area contributed by atoms with Gasteiger partial charge in [0.05, 0.1) is 0 Å². The van der Waals surface area contributed by atoms with Gasteiger partial charge in [-0.25, -0.2) is 0 Å². The van der Waals surface area contributed by atoms with E-state index in [0.717, 1.165) is 5.61 Å². The van der Waals surface area contributed by atoms with Crippen LogP contribution in [0.3, 0.4) is 0 Å². The molecular formula is C3H8BNP. The Bertz CT molecular complexity index is 61.8. The molecule has 0 amide bonds. The molecule has 0 saturated carbocycles. The number of hydrogen-bond donors (Lipinski definition) is 0. The molecule has 0 N–H and O–H groups in total. The first-order valence-electron chi connectivity index (χ1n) is 1.85. The van der Waals surface area contributed by atoms with Crippen LogP contribution in [0, 0.1) is 0 Å². The topological polar surface area (TPSA) is 12.4 Å². The summed E-state index contributed by atoms with van der Waals surface area (Å²) in [5.41, 5.74) is 1.06. The van der Waals surface area contributed by atoms with Crippen molar-refractivity contribution in [2.24, 2.45) is 4.76 Å². The summed E-state index contributed by atoms with van der Waals surface area (Å²) in [7, 11) is 4.25. The summed E-state index contributed by atoms with van der Waals surface area (Å²) in [5.74, 6) is 0. The molecule has 3 heteroatoms. The quantitative estimate of drug-likeness (QED) is 0.264. The molecule has 0 aromatic heterocycles. The van der Waals surface area contributed by atoms with Crippen molar-refractivity contribution in [3.63, 3.8) is 0 Å². The second-order valence-corrected chi connectivity index (χ2v) is 1.32. The number of nitrogens with zero attached hydrogens (tertiary/aromatic N) is 1. The summed E-state index contributed by atoms with van der Waals surface area (Å²) >= 11 is 0. The highest BCUT2D eigenvalue weighted by Crippen LogP contribution is 1.82. The number of hydrogen-bond acceptors (Lipinski definition) is 1. The normalized spacial score (nSPS) is 11.5. The zero-order valence-corrected chi connectivity index (χ0v) is 5.26. The van der Waals surface area contributed by atoms with Crippen LogP contribution < -0.4 is 0 Å². The van der Waals surface area contributed by atoms with Crippen LogP contribution in [-0.4, -0.2) is 12.9 Å². The van der Waals surface area contributed by atoms with E-state index in [9.17, 15) is 0 Å². The van der Waals surface area contributed by atoms with Crippen molar-refractivity contribution in [1.29, 1.82) is 0 Å². The molecule has 0 spiro atoms. The Labute approximate surface area is 41.7 Å². The highest BCUT2D eigenvalue weighted by molar-refractivity contribution is 7.16. The van der Waals surface area contributed by atoms with E-state index < -0.39 is 0 Å². The lowest BCUT2D eigenvalue weighted by Gasteiger charge is -1.82. The first-order chi connectivity index (χ1) is 2.81. The van der Waals surface area contributed by atoms with Gasteiger partial charge < -0.3 is 0 Å². The minimum absolute atomic E-state index is 1.06. The molecule has 1 atom stereocenters. The van der Waals surface area contributed by atoms with Gasteiger partial charge in [-0.05, 0) is 21.9 Å². The van der Waals surface area contributed by atoms with Crippen LogP contribution in [0.15, 0.2) is 4.76 Å². The van der Waals surface area contributed by atoms with Crippen LogP contribution in [0.1, 0.15) is 6.92 Å². The molecule has 6 heavy (non-hydrogen) atoms. The molecule has 0 aliphatic carbocycles. The molecule has 1 nitrogen and oxygen atoms in total. The first kappa shape index (κ1) is 6.16. The molecule has 0 fully saturated rings. The molecule has 0 bridgehead atoms. The average Bonchev–Trinajstić information content (AvgIpc) is 1.65. The van der Waals surface area contributed by atoms with Gasteiger partial charge in [-0.1, -0.05) is 6.82 Å². The van der Waals surface area contributed by atoms with Crippen LogP contribution in [0.5, 0.6) is 0 Å². The van der Waals surface area contributed by atoms with Gasteiger partial charge in [0.2, 0.25) is 0 Å². The van der Waals surface area contributed by atoms with Gasteiger partial charge in [0, 0.05) is 0 Å². The third-order valence-corrected chi connectivity index (χ3v) is 1.03. The monoisotopic (exact) mass is 100 g/mol. The fraction of sp³-hybridized carbons (Fsp3) is 0.667. The van der Waals surface area contributed by atoms with E-state index in [1.54, 1.807) is 0 Å². The van der Waals surface area contributed by atoms with E-state index in [1.807, 2.05) is 21.0 Å². The fourth-order valence-electron chi connectivity index (χ4n) is 0.0745.